The van der Waals surface area contributed by atoms with Crippen LogP contribution in [0.4, 0.5) is 8.78 Å². The monoisotopic (exact) mass is 209 g/mol. The minimum Gasteiger partial charge on any atom is -0.478 e. The number of fused-ring (bicyclic) bond motifs is 1. The Labute approximate surface area is 83.0 Å². The van der Waals surface area contributed by atoms with Gasteiger partial charge in [0.05, 0.1) is 5.56 Å². The first-order chi connectivity index (χ1) is 7.11. The van der Waals surface area contributed by atoms with Gasteiger partial charge in [-0.05, 0) is 18.2 Å². The highest BCUT2D eigenvalue weighted by Gasteiger charge is 2.17. The first kappa shape index (κ1) is 9.51. The number of rotatable bonds is 1. The van der Waals surface area contributed by atoms with E-state index in [0.717, 1.165) is 0 Å². The van der Waals surface area contributed by atoms with Gasteiger partial charge in [-0.1, -0.05) is 0 Å². The summed E-state index contributed by atoms with van der Waals surface area (Å²) in [6.07, 6.45) is 1.31. The van der Waals surface area contributed by atoms with Crippen molar-refractivity contribution in [3.05, 3.63) is 41.6 Å². The number of aromatic carboxylic acids is 1. The van der Waals surface area contributed by atoms with Crippen LogP contribution in [0.1, 0.15) is 10.4 Å². The summed E-state index contributed by atoms with van der Waals surface area (Å²) in [5, 5.41) is 8.49. The molecular weight excluding hydrogens is 204 g/mol. The zero-order valence-electron chi connectivity index (χ0n) is 7.37. The Morgan fingerprint density at radius 1 is 1.40 bits per heavy atom. The second-order valence-corrected chi connectivity index (χ2v) is 2.92. The largest absolute Gasteiger partial charge is 0.478 e. The second-order valence-electron chi connectivity index (χ2n) is 2.92. The van der Waals surface area contributed by atoms with Gasteiger partial charge in [-0.25, -0.2) is 13.6 Å². The van der Waals surface area contributed by atoms with Gasteiger partial charge < -0.3 is 5.11 Å². The Morgan fingerprint density at radius 3 is 2.80 bits per heavy atom. The molecule has 0 fully saturated rings. The lowest BCUT2D eigenvalue weighted by atomic mass is 10.1. The normalized spacial score (nSPS) is 10.5. The highest BCUT2D eigenvalue weighted by atomic mass is 19.1. The van der Waals surface area contributed by atoms with E-state index in [2.05, 4.69) is 4.98 Å². The highest BCUT2D eigenvalue weighted by Crippen LogP contribution is 2.22. The Bertz CT molecular complexity index is 554. The van der Waals surface area contributed by atoms with Gasteiger partial charge in [-0.2, -0.15) is 0 Å². The molecule has 2 aromatic rings. The van der Waals surface area contributed by atoms with Gasteiger partial charge in [0, 0.05) is 11.6 Å². The molecule has 1 aromatic heterocycles. The molecule has 0 saturated heterocycles. The van der Waals surface area contributed by atoms with E-state index in [9.17, 15) is 13.6 Å². The lowest BCUT2D eigenvalue weighted by molar-refractivity contribution is 0.0691. The van der Waals surface area contributed by atoms with Crippen molar-refractivity contribution in [3.63, 3.8) is 0 Å². The number of halogens is 2. The topological polar surface area (TPSA) is 50.2 Å². The summed E-state index contributed by atoms with van der Waals surface area (Å²) < 4.78 is 26.8. The fraction of sp³-hybridized carbons (Fsp3) is 0. The maximum absolute atomic E-state index is 13.5. The Hall–Kier alpha value is -2.04. The van der Waals surface area contributed by atoms with Gasteiger partial charge in [0.2, 0.25) is 0 Å². The molecule has 15 heavy (non-hydrogen) atoms. The number of aromatic nitrogens is 1. The van der Waals surface area contributed by atoms with Crippen molar-refractivity contribution in [2.45, 2.75) is 0 Å². The predicted molar refractivity (Wildman–Crippen MR) is 48.6 cm³/mol. The maximum atomic E-state index is 13.5. The average molecular weight is 209 g/mol. The molecule has 0 aliphatic carbocycles. The van der Waals surface area contributed by atoms with Crippen LogP contribution < -0.4 is 0 Å². The Balaban J connectivity index is 2.90. The predicted octanol–water partition coefficient (Wildman–Crippen LogP) is 2.21. The molecule has 0 radical (unpaired) electrons. The summed E-state index contributed by atoms with van der Waals surface area (Å²) in [7, 11) is 0. The molecule has 1 heterocycles. The molecule has 1 aromatic carbocycles. The minimum atomic E-state index is -1.50. The summed E-state index contributed by atoms with van der Waals surface area (Å²) in [6, 6.07) is 3.33. The van der Waals surface area contributed by atoms with E-state index in [4.69, 9.17) is 5.11 Å². The number of carboxylic acid groups (broad SMARTS) is 1. The number of benzene rings is 1. The van der Waals surface area contributed by atoms with Gasteiger partial charge in [0.15, 0.2) is 0 Å². The lowest BCUT2D eigenvalue weighted by Crippen LogP contribution is -2.03. The van der Waals surface area contributed by atoms with Crippen LogP contribution in [0.3, 0.4) is 0 Å². The van der Waals surface area contributed by atoms with Crippen LogP contribution in [0, 0.1) is 11.6 Å². The van der Waals surface area contributed by atoms with E-state index < -0.39 is 23.2 Å². The summed E-state index contributed by atoms with van der Waals surface area (Å²) in [5.74, 6) is -3.31. The van der Waals surface area contributed by atoms with Gasteiger partial charge in [-0.15, -0.1) is 0 Å². The standard InChI is InChI=1S/C10H5F2NO2/c11-7-4-6(10(14)15)8(12)5-2-1-3-13-9(5)7/h1-4H,(H,14,15). The van der Waals surface area contributed by atoms with Crippen LogP contribution in [0.15, 0.2) is 24.4 Å². The zero-order valence-corrected chi connectivity index (χ0v) is 7.37. The zero-order chi connectivity index (χ0) is 11.0. The van der Waals surface area contributed by atoms with Crippen molar-refractivity contribution in [2.24, 2.45) is 0 Å². The summed E-state index contributed by atoms with van der Waals surface area (Å²) in [4.78, 5) is 14.2. The third-order valence-corrected chi connectivity index (χ3v) is 2.01. The molecule has 0 atom stereocenters. The van der Waals surface area contributed by atoms with Crippen LogP contribution in [-0.4, -0.2) is 16.1 Å². The van der Waals surface area contributed by atoms with Crippen molar-refractivity contribution in [3.8, 4) is 0 Å². The summed E-state index contributed by atoms with van der Waals surface area (Å²) in [6.45, 7) is 0. The highest BCUT2D eigenvalue weighted by molar-refractivity contribution is 5.94. The van der Waals surface area contributed by atoms with Crippen molar-refractivity contribution in [1.82, 2.24) is 4.98 Å². The number of carbonyl (C=O) groups is 1. The van der Waals surface area contributed by atoms with Gasteiger partial charge >= 0.3 is 5.97 Å². The maximum Gasteiger partial charge on any atom is 0.338 e. The number of hydrogen-bond donors (Lipinski definition) is 1. The van der Waals surface area contributed by atoms with E-state index in [1.165, 1.54) is 18.3 Å². The van der Waals surface area contributed by atoms with E-state index in [-0.39, 0.29) is 10.9 Å². The van der Waals surface area contributed by atoms with E-state index in [0.29, 0.717) is 6.07 Å². The third-order valence-electron chi connectivity index (χ3n) is 2.01. The molecule has 76 valence electrons. The third kappa shape index (κ3) is 1.41. The average Bonchev–Trinajstić information content (AvgIpc) is 2.23. The van der Waals surface area contributed by atoms with Crippen molar-refractivity contribution in [1.29, 1.82) is 0 Å². The van der Waals surface area contributed by atoms with Crippen molar-refractivity contribution < 1.29 is 18.7 Å². The van der Waals surface area contributed by atoms with Crippen molar-refractivity contribution in [2.75, 3.05) is 0 Å². The van der Waals surface area contributed by atoms with Crippen LogP contribution in [-0.2, 0) is 0 Å². The molecule has 0 saturated carbocycles. The van der Waals surface area contributed by atoms with Crippen LogP contribution in [0.2, 0.25) is 0 Å². The quantitative estimate of drug-likeness (QED) is 0.783. The molecule has 0 amide bonds. The fourth-order valence-corrected chi connectivity index (χ4v) is 1.33. The lowest BCUT2D eigenvalue weighted by Gasteiger charge is -2.03. The van der Waals surface area contributed by atoms with Crippen LogP contribution >= 0.6 is 0 Å². The molecular formula is C10H5F2NO2. The molecule has 0 aliphatic rings. The molecule has 5 heteroatoms. The Morgan fingerprint density at radius 2 is 2.13 bits per heavy atom. The van der Waals surface area contributed by atoms with E-state index >= 15 is 0 Å². The minimum absolute atomic E-state index is 0.130. The molecule has 2 rings (SSSR count). The SMILES string of the molecule is O=C(O)c1cc(F)c2ncccc2c1F. The first-order valence-corrected chi connectivity index (χ1v) is 4.07. The summed E-state index contributed by atoms with van der Waals surface area (Å²) in [5.41, 5.74) is -0.854. The van der Waals surface area contributed by atoms with Gasteiger partial charge in [0.25, 0.3) is 0 Å². The van der Waals surface area contributed by atoms with E-state index in [1.54, 1.807) is 0 Å². The van der Waals surface area contributed by atoms with Crippen LogP contribution in [0.25, 0.3) is 10.9 Å². The van der Waals surface area contributed by atoms with Gasteiger partial charge in [-0.3, -0.25) is 4.98 Å². The van der Waals surface area contributed by atoms with E-state index in [1.807, 2.05) is 0 Å². The molecule has 0 aliphatic heterocycles. The molecule has 0 spiro atoms. The number of nitrogens with zero attached hydrogens (tertiary/aromatic N) is 1. The van der Waals surface area contributed by atoms with Crippen molar-refractivity contribution >= 4 is 16.9 Å². The smallest absolute Gasteiger partial charge is 0.338 e. The molecule has 0 unspecified atom stereocenters. The molecule has 0 bridgehead atoms. The Kier molecular flexibility index (Phi) is 2.07. The fourth-order valence-electron chi connectivity index (χ4n) is 1.33. The summed E-state index contributed by atoms with van der Waals surface area (Å²) >= 11 is 0. The molecule has 3 nitrogen and oxygen atoms in total. The second kappa shape index (κ2) is 3.27. The number of hydrogen-bond acceptors (Lipinski definition) is 2. The number of pyridine rings is 1. The van der Waals surface area contributed by atoms with Gasteiger partial charge in [0.1, 0.15) is 17.2 Å². The van der Waals surface area contributed by atoms with Crippen LogP contribution in [0.5, 0.6) is 0 Å². The first-order valence-electron chi connectivity index (χ1n) is 4.07. The molecule has 1 N–H and O–H groups in total. The number of carboxylic acids is 1.